The quantitative estimate of drug-likeness (QED) is 0.537. The van der Waals surface area contributed by atoms with E-state index in [9.17, 15) is 0 Å². The molecule has 0 fully saturated rings. The number of benzene rings is 1. The van der Waals surface area contributed by atoms with Gasteiger partial charge >= 0.3 is 0 Å². The maximum absolute atomic E-state index is 8.65. The second-order valence-corrected chi connectivity index (χ2v) is 1.52. The van der Waals surface area contributed by atoms with Crippen molar-refractivity contribution in [1.29, 1.82) is 0 Å². The molecule has 0 saturated carbocycles. The molecule has 1 aromatic carbocycles. The highest BCUT2D eigenvalue weighted by Gasteiger charge is 1.85. The Balaban J connectivity index is 0.000000371. The van der Waals surface area contributed by atoms with Crippen molar-refractivity contribution in [3.05, 3.63) is 37.4 Å². The Morgan fingerprint density at radius 3 is 1.60 bits per heavy atom. The molecule has 0 unspecified atom stereocenters. The molecule has 0 atom stereocenters. The van der Waals surface area contributed by atoms with Crippen molar-refractivity contribution in [3.8, 4) is 11.5 Å². The first-order valence-electron chi connectivity index (χ1n) is 2.77. The van der Waals surface area contributed by atoms with Gasteiger partial charge in [-0.3, -0.25) is 0 Å². The molecule has 1 aromatic rings. The standard InChI is InChI=1S/C6H6O2.C2H4/c7-5-2-1-3-6(8)4-5;1-2/h1-4,7-8H;1-2H2. The van der Waals surface area contributed by atoms with Crippen molar-refractivity contribution in [2.45, 2.75) is 0 Å². The molecule has 0 spiro atoms. The van der Waals surface area contributed by atoms with Crippen LogP contribution >= 0.6 is 0 Å². The first kappa shape index (κ1) is 8.56. The summed E-state index contributed by atoms with van der Waals surface area (Å²) in [5.74, 6) is 0.176. The minimum absolute atomic E-state index is 0.0880. The molecule has 10 heavy (non-hydrogen) atoms. The number of hydrogen-bond acceptors (Lipinski definition) is 2. The maximum atomic E-state index is 8.65. The molecule has 0 saturated heterocycles. The summed E-state index contributed by atoms with van der Waals surface area (Å²) in [6, 6.07) is 5.85. The molecule has 54 valence electrons. The Hall–Kier alpha value is -1.44. The zero-order chi connectivity index (χ0) is 7.98. The van der Waals surface area contributed by atoms with Gasteiger partial charge in [0.15, 0.2) is 0 Å². The van der Waals surface area contributed by atoms with Crippen LogP contribution in [0.15, 0.2) is 37.4 Å². The molecular weight excluding hydrogens is 128 g/mol. The number of aromatic hydroxyl groups is 2. The molecule has 1 rings (SSSR count). The summed E-state index contributed by atoms with van der Waals surface area (Å²) < 4.78 is 0. The summed E-state index contributed by atoms with van der Waals surface area (Å²) >= 11 is 0. The Morgan fingerprint density at radius 1 is 1.00 bits per heavy atom. The van der Waals surface area contributed by atoms with Crippen LogP contribution in [0.25, 0.3) is 0 Å². The van der Waals surface area contributed by atoms with E-state index >= 15 is 0 Å². The molecule has 0 radical (unpaired) electrons. The summed E-state index contributed by atoms with van der Waals surface area (Å²) in [7, 11) is 0. The zero-order valence-corrected chi connectivity index (χ0v) is 5.62. The molecule has 2 nitrogen and oxygen atoms in total. The Bertz CT molecular complexity index is 179. The zero-order valence-electron chi connectivity index (χ0n) is 5.62. The highest BCUT2D eigenvalue weighted by molar-refractivity contribution is 5.30. The lowest BCUT2D eigenvalue weighted by molar-refractivity contribution is 0.450. The van der Waals surface area contributed by atoms with Crippen molar-refractivity contribution < 1.29 is 10.2 Å². The van der Waals surface area contributed by atoms with Gasteiger partial charge in [0.25, 0.3) is 0 Å². The van der Waals surface area contributed by atoms with Crippen molar-refractivity contribution in [2.75, 3.05) is 0 Å². The summed E-state index contributed by atoms with van der Waals surface area (Å²) in [6.07, 6.45) is 0. The molecule has 0 bridgehead atoms. The van der Waals surface area contributed by atoms with E-state index in [-0.39, 0.29) is 11.5 Å². The van der Waals surface area contributed by atoms with Crippen LogP contribution in [-0.4, -0.2) is 10.2 Å². The van der Waals surface area contributed by atoms with Gasteiger partial charge in [0.1, 0.15) is 11.5 Å². The van der Waals surface area contributed by atoms with Crippen molar-refractivity contribution in [2.24, 2.45) is 0 Å². The fourth-order valence-electron chi connectivity index (χ4n) is 0.493. The second-order valence-electron chi connectivity index (χ2n) is 1.52. The Morgan fingerprint density at radius 2 is 1.40 bits per heavy atom. The van der Waals surface area contributed by atoms with Crippen molar-refractivity contribution in [3.63, 3.8) is 0 Å². The number of rotatable bonds is 0. The topological polar surface area (TPSA) is 40.5 Å². The molecular formula is C8H10O2. The summed E-state index contributed by atoms with van der Waals surface area (Å²) in [4.78, 5) is 0. The van der Waals surface area contributed by atoms with Gasteiger partial charge in [0.2, 0.25) is 0 Å². The lowest BCUT2D eigenvalue weighted by Crippen LogP contribution is -1.61. The van der Waals surface area contributed by atoms with Gasteiger partial charge < -0.3 is 10.2 Å². The highest BCUT2D eigenvalue weighted by atomic mass is 16.3. The number of phenols is 2. The van der Waals surface area contributed by atoms with Crippen LogP contribution < -0.4 is 0 Å². The lowest BCUT2D eigenvalue weighted by Gasteiger charge is -1.89. The van der Waals surface area contributed by atoms with E-state index in [2.05, 4.69) is 13.2 Å². The van der Waals surface area contributed by atoms with Gasteiger partial charge in [-0.15, -0.1) is 13.2 Å². The largest absolute Gasteiger partial charge is 0.508 e. The molecule has 2 heteroatoms. The van der Waals surface area contributed by atoms with Crippen molar-refractivity contribution >= 4 is 0 Å². The first-order valence-corrected chi connectivity index (χ1v) is 2.77. The van der Waals surface area contributed by atoms with E-state index in [0.717, 1.165) is 0 Å². The minimum atomic E-state index is 0.0880. The fourth-order valence-corrected chi connectivity index (χ4v) is 0.493. The van der Waals surface area contributed by atoms with E-state index in [1.807, 2.05) is 0 Å². The van der Waals surface area contributed by atoms with Crippen LogP contribution in [0, 0.1) is 0 Å². The number of phenolic OH excluding ortho intramolecular Hbond substituents is 2. The molecule has 0 amide bonds. The molecule has 0 heterocycles. The predicted molar refractivity (Wildman–Crippen MR) is 41.0 cm³/mol. The van der Waals surface area contributed by atoms with Crippen LogP contribution in [0.4, 0.5) is 0 Å². The van der Waals surface area contributed by atoms with E-state index in [1.54, 1.807) is 6.07 Å². The van der Waals surface area contributed by atoms with Gasteiger partial charge in [-0.25, -0.2) is 0 Å². The van der Waals surface area contributed by atoms with Crippen LogP contribution in [0.5, 0.6) is 11.5 Å². The van der Waals surface area contributed by atoms with Gasteiger partial charge in [-0.2, -0.15) is 0 Å². The van der Waals surface area contributed by atoms with Crippen molar-refractivity contribution in [1.82, 2.24) is 0 Å². The molecule has 2 N–H and O–H groups in total. The van der Waals surface area contributed by atoms with Crippen LogP contribution in [0.1, 0.15) is 0 Å². The van der Waals surface area contributed by atoms with Gasteiger partial charge in [-0.1, -0.05) is 6.07 Å². The van der Waals surface area contributed by atoms with E-state index in [0.29, 0.717) is 0 Å². The van der Waals surface area contributed by atoms with Gasteiger partial charge in [0.05, 0.1) is 0 Å². The van der Waals surface area contributed by atoms with Gasteiger partial charge in [-0.05, 0) is 12.1 Å². The normalized spacial score (nSPS) is 7.60. The highest BCUT2D eigenvalue weighted by Crippen LogP contribution is 2.14. The maximum Gasteiger partial charge on any atom is 0.119 e. The van der Waals surface area contributed by atoms with Crippen LogP contribution in [0.3, 0.4) is 0 Å². The average molecular weight is 138 g/mol. The van der Waals surface area contributed by atoms with E-state index in [4.69, 9.17) is 10.2 Å². The fraction of sp³-hybridized carbons (Fsp3) is 0. The Kier molecular flexibility index (Phi) is 3.80. The van der Waals surface area contributed by atoms with E-state index < -0.39 is 0 Å². The third-order valence-corrected chi connectivity index (χ3v) is 0.830. The van der Waals surface area contributed by atoms with Crippen LogP contribution in [0.2, 0.25) is 0 Å². The smallest absolute Gasteiger partial charge is 0.119 e. The third-order valence-electron chi connectivity index (χ3n) is 0.830. The molecule has 0 aliphatic rings. The lowest BCUT2D eigenvalue weighted by atomic mass is 10.3. The third kappa shape index (κ3) is 2.77. The summed E-state index contributed by atoms with van der Waals surface area (Å²) in [5.41, 5.74) is 0. The van der Waals surface area contributed by atoms with E-state index in [1.165, 1.54) is 18.2 Å². The van der Waals surface area contributed by atoms with Crippen LogP contribution in [-0.2, 0) is 0 Å². The molecule has 0 aromatic heterocycles. The summed E-state index contributed by atoms with van der Waals surface area (Å²) in [5, 5.41) is 17.3. The predicted octanol–water partition coefficient (Wildman–Crippen LogP) is 1.90. The number of hydrogen-bond donors (Lipinski definition) is 2. The molecule has 0 aliphatic carbocycles. The monoisotopic (exact) mass is 138 g/mol. The second kappa shape index (κ2) is 4.44. The van der Waals surface area contributed by atoms with Gasteiger partial charge in [0, 0.05) is 6.07 Å². The molecule has 0 aliphatic heterocycles. The SMILES string of the molecule is C=C.Oc1cccc(O)c1. The minimum Gasteiger partial charge on any atom is -0.508 e. The first-order chi connectivity index (χ1) is 4.79. The average Bonchev–Trinajstić information content (AvgIpc) is 1.91. The summed E-state index contributed by atoms with van der Waals surface area (Å²) in [6.45, 7) is 6.00. The Labute approximate surface area is 60.1 Å².